The number of aromatic nitrogens is 2. The minimum Gasteiger partial charge on any atom is -0.463 e. The number of ether oxygens (including phenoxy) is 1. The molecule has 0 aliphatic rings. The van der Waals surface area contributed by atoms with Crippen molar-refractivity contribution in [1.29, 1.82) is 0 Å². The summed E-state index contributed by atoms with van der Waals surface area (Å²) in [6.07, 6.45) is -3.40. The first-order valence-electron chi connectivity index (χ1n) is 8.04. The van der Waals surface area contributed by atoms with Crippen molar-refractivity contribution in [2.75, 3.05) is 0 Å². The Morgan fingerprint density at radius 1 is 1.14 bits per heavy atom. The molecule has 0 fully saturated rings. The van der Waals surface area contributed by atoms with Crippen LogP contribution in [-0.2, 0) is 17.9 Å². The van der Waals surface area contributed by atoms with Crippen LogP contribution in [-0.4, -0.2) is 22.1 Å². The highest BCUT2D eigenvalue weighted by Gasteiger charge is 2.32. The first kappa shape index (κ1) is 19.2. The second-order valence-corrected chi connectivity index (χ2v) is 5.62. The Bertz CT molecular complexity index is 1010. The maximum absolute atomic E-state index is 12.4. The maximum Gasteiger partial charge on any atom is 0.573 e. The number of benzene rings is 1. The van der Waals surface area contributed by atoms with Crippen molar-refractivity contribution in [3.63, 3.8) is 0 Å². The summed E-state index contributed by atoms with van der Waals surface area (Å²) < 4.78 is 47.4. The summed E-state index contributed by atoms with van der Waals surface area (Å²) in [5, 5.41) is 6.50. The summed E-state index contributed by atoms with van der Waals surface area (Å²) in [6, 6.07) is 11.4. The Balaban J connectivity index is 1.67. The first-order chi connectivity index (χ1) is 13.3. The van der Waals surface area contributed by atoms with Crippen LogP contribution in [0.2, 0.25) is 0 Å². The molecule has 146 valence electrons. The number of hydrogen-bond donors (Lipinski definition) is 1. The smallest absolute Gasteiger partial charge is 0.463 e. The molecule has 1 N–H and O–H groups in total. The van der Waals surface area contributed by atoms with Gasteiger partial charge in [-0.15, -0.1) is 13.2 Å². The van der Waals surface area contributed by atoms with E-state index >= 15 is 0 Å². The summed E-state index contributed by atoms with van der Waals surface area (Å²) in [7, 11) is 0. The molecule has 0 radical (unpaired) electrons. The Kier molecular flexibility index (Phi) is 5.48. The zero-order valence-corrected chi connectivity index (χ0v) is 14.3. The van der Waals surface area contributed by atoms with Crippen LogP contribution >= 0.6 is 0 Å². The van der Waals surface area contributed by atoms with Crippen LogP contribution < -0.4 is 15.6 Å². The number of amides is 1. The van der Waals surface area contributed by atoms with E-state index in [4.69, 9.17) is 4.42 Å². The number of hydrogen-bond acceptors (Lipinski definition) is 5. The predicted octanol–water partition coefficient (Wildman–Crippen LogP) is 2.72. The third-order valence-electron chi connectivity index (χ3n) is 3.61. The van der Waals surface area contributed by atoms with E-state index in [-0.39, 0.29) is 12.1 Å². The zero-order chi connectivity index (χ0) is 20.1. The van der Waals surface area contributed by atoms with Gasteiger partial charge in [-0.1, -0.05) is 18.2 Å². The molecule has 1 aromatic carbocycles. The number of nitrogens with zero attached hydrogens (tertiary/aromatic N) is 2. The van der Waals surface area contributed by atoms with Gasteiger partial charge in [0.15, 0.2) is 5.76 Å². The van der Waals surface area contributed by atoms with Gasteiger partial charge in [-0.3, -0.25) is 9.59 Å². The van der Waals surface area contributed by atoms with Crippen molar-refractivity contribution in [1.82, 2.24) is 15.1 Å². The van der Waals surface area contributed by atoms with Crippen LogP contribution in [0.15, 0.2) is 64.0 Å². The lowest BCUT2D eigenvalue weighted by Gasteiger charge is -2.13. The SMILES string of the molecule is O=C(Cn1nc(-c2ccco2)ccc1=O)NCc1ccccc1OC(F)(F)F. The molecule has 3 aromatic rings. The van der Waals surface area contributed by atoms with Gasteiger partial charge in [0, 0.05) is 18.2 Å². The Morgan fingerprint density at radius 2 is 1.93 bits per heavy atom. The van der Waals surface area contributed by atoms with Gasteiger partial charge in [0.1, 0.15) is 18.0 Å². The molecular weight excluding hydrogens is 379 g/mol. The molecule has 0 spiro atoms. The highest BCUT2D eigenvalue weighted by atomic mass is 19.4. The average molecular weight is 393 g/mol. The number of halogens is 3. The molecule has 28 heavy (non-hydrogen) atoms. The molecule has 0 aliphatic carbocycles. The van der Waals surface area contributed by atoms with Crippen molar-refractivity contribution in [3.8, 4) is 17.2 Å². The van der Waals surface area contributed by atoms with Crippen LogP contribution in [0.25, 0.3) is 11.5 Å². The van der Waals surface area contributed by atoms with Crippen molar-refractivity contribution < 1.29 is 27.1 Å². The van der Waals surface area contributed by atoms with Gasteiger partial charge in [0.2, 0.25) is 5.91 Å². The van der Waals surface area contributed by atoms with E-state index in [0.717, 1.165) is 10.7 Å². The minimum absolute atomic E-state index is 0.137. The summed E-state index contributed by atoms with van der Waals surface area (Å²) in [6.45, 7) is -0.618. The molecule has 0 unspecified atom stereocenters. The largest absolute Gasteiger partial charge is 0.573 e. The summed E-state index contributed by atoms with van der Waals surface area (Å²) >= 11 is 0. The van der Waals surface area contributed by atoms with Crippen molar-refractivity contribution >= 4 is 5.91 Å². The number of alkyl halides is 3. The molecule has 3 rings (SSSR count). The van der Waals surface area contributed by atoms with E-state index in [1.54, 1.807) is 12.1 Å². The lowest BCUT2D eigenvalue weighted by molar-refractivity contribution is -0.274. The van der Waals surface area contributed by atoms with E-state index in [2.05, 4.69) is 15.2 Å². The highest BCUT2D eigenvalue weighted by molar-refractivity contribution is 5.75. The average Bonchev–Trinajstić information content (AvgIpc) is 3.16. The first-order valence-corrected chi connectivity index (χ1v) is 8.04. The second-order valence-electron chi connectivity index (χ2n) is 5.62. The highest BCUT2D eigenvalue weighted by Crippen LogP contribution is 2.26. The van der Waals surface area contributed by atoms with Gasteiger partial charge >= 0.3 is 6.36 Å². The molecule has 2 heterocycles. The molecule has 10 heteroatoms. The lowest BCUT2D eigenvalue weighted by atomic mass is 10.2. The van der Waals surface area contributed by atoms with E-state index in [9.17, 15) is 22.8 Å². The monoisotopic (exact) mass is 393 g/mol. The molecule has 0 saturated carbocycles. The van der Waals surface area contributed by atoms with Crippen LogP contribution in [0.3, 0.4) is 0 Å². The molecule has 0 saturated heterocycles. The molecular formula is C18H14F3N3O4. The molecule has 0 bridgehead atoms. The number of carbonyl (C=O) groups is 1. The molecule has 7 nitrogen and oxygen atoms in total. The third-order valence-corrected chi connectivity index (χ3v) is 3.61. The number of nitrogens with one attached hydrogen (secondary N) is 1. The molecule has 0 aliphatic heterocycles. The van der Waals surface area contributed by atoms with E-state index in [1.165, 1.54) is 36.6 Å². The standard InChI is InChI=1S/C18H14F3N3O4/c19-18(20,21)28-14-5-2-1-4-12(14)10-22-16(25)11-24-17(26)8-7-13(23-24)15-6-3-9-27-15/h1-9H,10-11H2,(H,22,25). The second kappa shape index (κ2) is 7.99. The number of carbonyl (C=O) groups excluding carboxylic acids is 1. The lowest BCUT2D eigenvalue weighted by Crippen LogP contribution is -2.33. The van der Waals surface area contributed by atoms with Gasteiger partial charge in [0.05, 0.1) is 6.26 Å². The Morgan fingerprint density at radius 3 is 2.64 bits per heavy atom. The van der Waals surface area contributed by atoms with Gasteiger partial charge in [-0.2, -0.15) is 5.10 Å². The van der Waals surface area contributed by atoms with Gasteiger partial charge in [-0.25, -0.2) is 4.68 Å². The fourth-order valence-electron chi connectivity index (χ4n) is 2.38. The van der Waals surface area contributed by atoms with Crippen molar-refractivity contribution in [2.24, 2.45) is 0 Å². The summed E-state index contributed by atoms with van der Waals surface area (Å²) in [5.41, 5.74) is -0.00889. The van der Waals surface area contributed by atoms with Crippen LogP contribution in [0, 0.1) is 0 Å². The van der Waals surface area contributed by atoms with Gasteiger partial charge in [0.25, 0.3) is 5.56 Å². The van der Waals surface area contributed by atoms with E-state index in [0.29, 0.717) is 11.5 Å². The van der Waals surface area contributed by atoms with Crippen molar-refractivity contribution in [3.05, 3.63) is 70.7 Å². The maximum atomic E-state index is 12.4. The van der Waals surface area contributed by atoms with Crippen LogP contribution in [0.1, 0.15) is 5.56 Å². The fourth-order valence-corrected chi connectivity index (χ4v) is 2.38. The molecule has 0 atom stereocenters. The summed E-state index contributed by atoms with van der Waals surface area (Å²) in [4.78, 5) is 24.0. The topological polar surface area (TPSA) is 86.4 Å². The van der Waals surface area contributed by atoms with Crippen LogP contribution in [0.5, 0.6) is 5.75 Å². The quantitative estimate of drug-likeness (QED) is 0.696. The normalized spacial score (nSPS) is 11.2. The number of rotatable bonds is 6. The van der Waals surface area contributed by atoms with E-state index < -0.39 is 30.1 Å². The number of furan rings is 1. The van der Waals surface area contributed by atoms with E-state index in [1.807, 2.05) is 0 Å². The predicted molar refractivity (Wildman–Crippen MR) is 91.2 cm³/mol. The fraction of sp³-hybridized carbons (Fsp3) is 0.167. The minimum atomic E-state index is -4.84. The summed E-state index contributed by atoms with van der Waals surface area (Å²) in [5.74, 6) is -0.592. The van der Waals surface area contributed by atoms with Gasteiger partial charge in [-0.05, 0) is 24.3 Å². The zero-order valence-electron chi connectivity index (χ0n) is 14.3. The Labute approximate surface area is 156 Å². The molecule has 1 amide bonds. The Hall–Kier alpha value is -3.56. The molecule has 2 aromatic heterocycles. The number of para-hydroxylation sites is 1. The van der Waals surface area contributed by atoms with Crippen LogP contribution in [0.4, 0.5) is 13.2 Å². The van der Waals surface area contributed by atoms with Gasteiger partial charge < -0.3 is 14.5 Å². The van der Waals surface area contributed by atoms with Crippen molar-refractivity contribution in [2.45, 2.75) is 19.5 Å². The third kappa shape index (κ3) is 5.00.